The lowest BCUT2D eigenvalue weighted by Gasteiger charge is -2.13. The number of esters is 1. The molecule has 160 valence electrons. The van der Waals surface area contributed by atoms with E-state index in [9.17, 15) is 14.4 Å². The van der Waals surface area contributed by atoms with Gasteiger partial charge in [0.05, 0.1) is 24.0 Å². The van der Waals surface area contributed by atoms with E-state index in [0.29, 0.717) is 21.8 Å². The fourth-order valence-electron chi connectivity index (χ4n) is 3.60. The number of anilines is 2. The van der Waals surface area contributed by atoms with E-state index in [0.717, 1.165) is 36.1 Å². The maximum atomic E-state index is 13.2. The van der Waals surface area contributed by atoms with Gasteiger partial charge in [-0.05, 0) is 68.5 Å². The second kappa shape index (κ2) is 9.18. The van der Waals surface area contributed by atoms with Crippen molar-refractivity contribution in [2.24, 2.45) is 0 Å². The molecule has 0 spiro atoms. The first-order valence-corrected chi connectivity index (χ1v) is 11.0. The highest BCUT2D eigenvalue weighted by atomic mass is 32.1. The van der Waals surface area contributed by atoms with Crippen molar-refractivity contribution >= 4 is 39.8 Å². The second-order valence-electron chi connectivity index (χ2n) is 7.10. The van der Waals surface area contributed by atoms with Crippen LogP contribution < -0.4 is 10.6 Å². The molecule has 2 aromatic heterocycles. The molecule has 2 N–H and O–H groups in total. The molecule has 1 aliphatic rings. The minimum absolute atomic E-state index is 0.180. The van der Waals surface area contributed by atoms with Crippen molar-refractivity contribution in [1.82, 2.24) is 0 Å². The number of thiophene rings is 1. The van der Waals surface area contributed by atoms with E-state index in [1.165, 1.54) is 17.6 Å². The molecule has 4 rings (SSSR count). The number of hydrogen-bond acceptors (Lipinski definition) is 6. The molecule has 0 fully saturated rings. The van der Waals surface area contributed by atoms with Crippen LogP contribution in [0, 0.1) is 0 Å². The molecule has 1 aliphatic carbocycles. The molecule has 1 aromatic carbocycles. The Bertz CT molecular complexity index is 1120. The average Bonchev–Trinajstić information content (AvgIpc) is 3.42. The van der Waals surface area contributed by atoms with Gasteiger partial charge in [0.15, 0.2) is 5.76 Å². The highest BCUT2D eigenvalue weighted by Crippen LogP contribution is 2.38. The maximum absolute atomic E-state index is 13.2. The van der Waals surface area contributed by atoms with Crippen molar-refractivity contribution in [1.29, 1.82) is 0 Å². The van der Waals surface area contributed by atoms with Crippen LogP contribution in [-0.4, -0.2) is 24.4 Å². The quantitative estimate of drug-likeness (QED) is 0.534. The predicted octanol–water partition coefficient (Wildman–Crippen LogP) is 4.90. The van der Waals surface area contributed by atoms with Gasteiger partial charge >= 0.3 is 5.97 Å². The molecule has 7 nitrogen and oxygen atoms in total. The van der Waals surface area contributed by atoms with Gasteiger partial charge in [-0.3, -0.25) is 9.59 Å². The standard InChI is InChI=1S/C23H22N2O5S/c1-2-29-23(28)14-7-5-8-15(13-14)24-21(27)19-16-9-3-4-11-18(16)31-22(19)25-20(26)17-10-6-12-30-17/h5-8,10,12-13H,2-4,9,11H2,1H3,(H,24,27)(H,25,26). The van der Waals surface area contributed by atoms with Crippen LogP contribution in [0.5, 0.6) is 0 Å². The summed E-state index contributed by atoms with van der Waals surface area (Å²) in [6.07, 6.45) is 5.15. The summed E-state index contributed by atoms with van der Waals surface area (Å²) in [4.78, 5) is 38.9. The van der Waals surface area contributed by atoms with E-state index in [4.69, 9.17) is 9.15 Å². The van der Waals surface area contributed by atoms with E-state index in [1.54, 1.807) is 43.3 Å². The van der Waals surface area contributed by atoms with Crippen molar-refractivity contribution in [3.05, 3.63) is 70.0 Å². The Kier molecular flexibility index (Phi) is 6.18. The van der Waals surface area contributed by atoms with Gasteiger partial charge in [0, 0.05) is 10.6 Å². The van der Waals surface area contributed by atoms with Crippen LogP contribution in [0.25, 0.3) is 0 Å². The fourth-order valence-corrected chi connectivity index (χ4v) is 4.88. The third-order valence-corrected chi connectivity index (χ3v) is 6.21. The zero-order valence-corrected chi connectivity index (χ0v) is 17.8. The number of nitrogens with one attached hydrogen (secondary N) is 2. The molecule has 8 heteroatoms. The molecule has 2 heterocycles. The van der Waals surface area contributed by atoms with Crippen LogP contribution >= 0.6 is 11.3 Å². The van der Waals surface area contributed by atoms with Crippen LogP contribution in [0.15, 0.2) is 47.1 Å². The Balaban J connectivity index is 1.61. The highest BCUT2D eigenvalue weighted by Gasteiger charge is 2.27. The molecule has 2 amide bonds. The van der Waals surface area contributed by atoms with Gasteiger partial charge in [0.1, 0.15) is 5.00 Å². The Morgan fingerprint density at radius 1 is 1.06 bits per heavy atom. The summed E-state index contributed by atoms with van der Waals surface area (Å²) in [6.45, 7) is 2.01. The molecule has 0 atom stereocenters. The van der Waals surface area contributed by atoms with Crippen molar-refractivity contribution < 1.29 is 23.5 Å². The predicted molar refractivity (Wildman–Crippen MR) is 118 cm³/mol. The molecular weight excluding hydrogens is 416 g/mol. The Hall–Kier alpha value is -3.39. The number of aryl methyl sites for hydroxylation is 1. The van der Waals surface area contributed by atoms with Crippen molar-refractivity contribution in [2.45, 2.75) is 32.6 Å². The lowest BCUT2D eigenvalue weighted by atomic mass is 9.95. The fraction of sp³-hybridized carbons (Fsp3) is 0.261. The number of benzene rings is 1. The Labute approximate surface area is 183 Å². The van der Waals surface area contributed by atoms with E-state index in [-0.39, 0.29) is 18.3 Å². The van der Waals surface area contributed by atoms with Crippen LogP contribution in [0.1, 0.15) is 61.5 Å². The molecule has 31 heavy (non-hydrogen) atoms. The monoisotopic (exact) mass is 438 g/mol. The van der Waals surface area contributed by atoms with Gasteiger partial charge in [-0.15, -0.1) is 11.3 Å². The normalized spacial score (nSPS) is 12.7. The SMILES string of the molecule is CCOC(=O)c1cccc(NC(=O)c2c(NC(=O)c3ccco3)sc3c2CCCC3)c1. The van der Waals surface area contributed by atoms with Crippen LogP contribution in [0.4, 0.5) is 10.7 Å². The highest BCUT2D eigenvalue weighted by molar-refractivity contribution is 7.17. The maximum Gasteiger partial charge on any atom is 0.338 e. The molecule has 3 aromatic rings. The number of fused-ring (bicyclic) bond motifs is 1. The first-order valence-electron chi connectivity index (χ1n) is 10.1. The van der Waals surface area contributed by atoms with E-state index >= 15 is 0 Å². The summed E-state index contributed by atoms with van der Waals surface area (Å²) in [5.41, 5.74) is 2.29. The first-order chi connectivity index (χ1) is 15.1. The smallest absolute Gasteiger partial charge is 0.338 e. The van der Waals surface area contributed by atoms with Crippen LogP contribution in [-0.2, 0) is 17.6 Å². The number of hydrogen-bond donors (Lipinski definition) is 2. The number of carbonyl (C=O) groups is 3. The zero-order valence-electron chi connectivity index (χ0n) is 17.0. The minimum atomic E-state index is -0.446. The summed E-state index contributed by atoms with van der Waals surface area (Å²) < 4.78 is 10.2. The molecule has 0 unspecified atom stereocenters. The topological polar surface area (TPSA) is 97.6 Å². The average molecular weight is 439 g/mol. The third kappa shape index (κ3) is 4.54. The van der Waals surface area contributed by atoms with Crippen LogP contribution in [0.3, 0.4) is 0 Å². The van der Waals surface area contributed by atoms with Crippen molar-refractivity contribution in [2.75, 3.05) is 17.2 Å². The second-order valence-corrected chi connectivity index (χ2v) is 8.21. The number of amides is 2. The summed E-state index contributed by atoms with van der Waals surface area (Å²) >= 11 is 1.43. The van der Waals surface area contributed by atoms with E-state index in [2.05, 4.69) is 10.6 Å². The Morgan fingerprint density at radius 2 is 1.90 bits per heavy atom. The number of rotatable bonds is 6. The summed E-state index contributed by atoms with van der Waals surface area (Å²) in [5.74, 6) is -0.991. The first kappa shape index (κ1) is 20.9. The molecular formula is C23H22N2O5S. The molecule has 0 aliphatic heterocycles. The van der Waals surface area contributed by atoms with Gasteiger partial charge in [-0.2, -0.15) is 0 Å². The van der Waals surface area contributed by atoms with Crippen molar-refractivity contribution in [3.8, 4) is 0 Å². The molecule has 0 bridgehead atoms. The minimum Gasteiger partial charge on any atom is -0.462 e. The molecule has 0 radical (unpaired) electrons. The molecule has 0 saturated heterocycles. The molecule has 0 saturated carbocycles. The van der Waals surface area contributed by atoms with Crippen molar-refractivity contribution in [3.63, 3.8) is 0 Å². The van der Waals surface area contributed by atoms with Gasteiger partial charge in [-0.25, -0.2) is 4.79 Å². The summed E-state index contributed by atoms with van der Waals surface area (Å²) in [7, 11) is 0. The van der Waals surface area contributed by atoms with Gasteiger partial charge < -0.3 is 19.8 Å². The van der Waals surface area contributed by atoms with Gasteiger partial charge in [0.25, 0.3) is 11.8 Å². The lowest BCUT2D eigenvalue weighted by molar-refractivity contribution is 0.0526. The zero-order chi connectivity index (χ0) is 21.8. The van der Waals surface area contributed by atoms with Gasteiger partial charge in [-0.1, -0.05) is 6.07 Å². The van der Waals surface area contributed by atoms with E-state index in [1.807, 2.05) is 0 Å². The summed E-state index contributed by atoms with van der Waals surface area (Å²) in [5, 5.41) is 6.21. The third-order valence-electron chi connectivity index (χ3n) is 5.00. The van der Waals surface area contributed by atoms with Gasteiger partial charge in [0.2, 0.25) is 0 Å². The van der Waals surface area contributed by atoms with E-state index < -0.39 is 11.9 Å². The number of carbonyl (C=O) groups excluding carboxylic acids is 3. The summed E-state index contributed by atoms with van der Waals surface area (Å²) in [6, 6.07) is 9.82. The number of furan rings is 1. The van der Waals surface area contributed by atoms with Crippen LogP contribution in [0.2, 0.25) is 0 Å². The number of ether oxygens (including phenoxy) is 1. The largest absolute Gasteiger partial charge is 0.462 e. The Morgan fingerprint density at radius 3 is 2.68 bits per heavy atom. The lowest BCUT2D eigenvalue weighted by Crippen LogP contribution is -2.18.